The van der Waals surface area contributed by atoms with Crippen LogP contribution in [0.1, 0.15) is 19.6 Å². The largest absolute Gasteiger partial charge is 0.437 e. The number of imide groups is 1. The van der Waals surface area contributed by atoms with Gasteiger partial charge in [-0.15, -0.1) is 11.3 Å². The summed E-state index contributed by atoms with van der Waals surface area (Å²) in [5.74, 6) is 0.933. The van der Waals surface area contributed by atoms with Crippen molar-refractivity contribution in [2.24, 2.45) is 7.05 Å². The fourth-order valence-electron chi connectivity index (χ4n) is 3.82. The monoisotopic (exact) mass is 480 g/mol. The number of rotatable bonds is 4. The highest BCUT2D eigenvalue weighted by Gasteiger charge is 2.35. The Hall–Kier alpha value is -3.37. The molecule has 3 aromatic heterocycles. The first-order chi connectivity index (χ1) is 15.9. The summed E-state index contributed by atoms with van der Waals surface area (Å²) in [6, 6.07) is 11.7. The number of amides is 2. The summed E-state index contributed by atoms with van der Waals surface area (Å²) in [5, 5.41) is -0.316. The molecule has 0 spiro atoms. The van der Waals surface area contributed by atoms with E-state index in [-0.39, 0.29) is 16.7 Å². The van der Waals surface area contributed by atoms with Crippen molar-refractivity contribution in [2.75, 3.05) is 6.54 Å². The lowest BCUT2D eigenvalue weighted by Crippen LogP contribution is -2.33. The van der Waals surface area contributed by atoms with Gasteiger partial charge in [0.15, 0.2) is 0 Å². The zero-order valence-electron chi connectivity index (χ0n) is 18.2. The van der Waals surface area contributed by atoms with Gasteiger partial charge in [0.2, 0.25) is 5.71 Å². The Kier molecular flexibility index (Phi) is 5.34. The molecule has 0 unspecified atom stereocenters. The maximum atomic E-state index is 13.0. The molecule has 0 radical (unpaired) electrons. The number of hydrogen-bond acceptors (Lipinski definition) is 7. The van der Waals surface area contributed by atoms with Crippen molar-refractivity contribution in [3.63, 3.8) is 0 Å². The average Bonchev–Trinajstić information content (AvgIpc) is 3.52. The molecule has 4 heterocycles. The van der Waals surface area contributed by atoms with Crippen molar-refractivity contribution < 1.29 is 14.0 Å². The van der Waals surface area contributed by atoms with Gasteiger partial charge in [0.1, 0.15) is 26.7 Å². The number of carbonyl (C=O) groups is 2. The molecule has 1 fully saturated rings. The van der Waals surface area contributed by atoms with Gasteiger partial charge in [-0.1, -0.05) is 30.3 Å². The van der Waals surface area contributed by atoms with E-state index < -0.39 is 0 Å². The lowest BCUT2D eigenvalue weighted by molar-refractivity contribution is -0.121. The van der Waals surface area contributed by atoms with Crippen LogP contribution in [0.15, 0.2) is 45.6 Å². The molecule has 1 saturated heterocycles. The van der Waals surface area contributed by atoms with Crippen molar-refractivity contribution in [1.82, 2.24) is 19.0 Å². The minimum atomic E-state index is -0.358. The fraction of sp³-hybridized carbons (Fsp3) is 0.217. The molecule has 1 aromatic carbocycles. The maximum absolute atomic E-state index is 13.0. The number of nitrogens with zero attached hydrogens (tertiary/aromatic N) is 4. The number of fused-ring (bicyclic) bond motifs is 1. The highest BCUT2D eigenvalue weighted by molar-refractivity contribution is 8.23. The van der Waals surface area contributed by atoms with Crippen LogP contribution in [-0.2, 0) is 18.4 Å². The second-order valence-corrected chi connectivity index (χ2v) is 9.40. The second-order valence-electron chi connectivity index (χ2n) is 7.41. The van der Waals surface area contributed by atoms with Gasteiger partial charge in [-0.3, -0.25) is 23.9 Å². The Balaban J connectivity index is 1.62. The number of aryl methyl sites for hydroxylation is 1. The topological polar surface area (TPSA) is 90.3 Å². The van der Waals surface area contributed by atoms with Gasteiger partial charge in [-0.05, 0) is 25.6 Å². The van der Waals surface area contributed by atoms with Gasteiger partial charge in [-0.2, -0.15) is 4.98 Å². The molecule has 168 valence electrons. The van der Waals surface area contributed by atoms with Gasteiger partial charge in [0.25, 0.3) is 16.7 Å². The van der Waals surface area contributed by atoms with E-state index in [0.29, 0.717) is 38.7 Å². The van der Waals surface area contributed by atoms with Crippen LogP contribution in [0, 0.1) is 0 Å². The summed E-state index contributed by atoms with van der Waals surface area (Å²) >= 11 is 2.07. The normalized spacial score (nSPS) is 16.6. The lowest BCUT2D eigenvalue weighted by atomic mass is 10.2. The fourth-order valence-corrected chi connectivity index (χ4v) is 6.04. The summed E-state index contributed by atoms with van der Waals surface area (Å²) < 4.78 is 10.3. The van der Waals surface area contributed by atoms with Crippen molar-refractivity contribution in [1.29, 1.82) is 0 Å². The number of furan rings is 1. The Bertz CT molecular complexity index is 1590. The molecule has 0 aliphatic carbocycles. The standard InChI is InChI=1S/C23H20N4O4S2/c1-4-26-20(28)16(32-22(26)17-21(29)27(5-2)23(30)33-17)12-14-11-15-19(31-14)24-18(25(15)3)13-9-7-6-8-10-13/h6-12H,4-5H2,1-3H3/b16-12+,22-17+. The summed E-state index contributed by atoms with van der Waals surface area (Å²) in [5.41, 5.74) is 2.05. The molecule has 8 nitrogen and oxygen atoms in total. The Labute approximate surface area is 196 Å². The van der Waals surface area contributed by atoms with Gasteiger partial charge < -0.3 is 8.98 Å². The van der Waals surface area contributed by atoms with E-state index in [0.717, 1.165) is 28.7 Å². The molecule has 5 rings (SSSR count). The van der Waals surface area contributed by atoms with Crippen LogP contribution in [0.25, 0.3) is 33.6 Å². The molecule has 10 heteroatoms. The minimum absolute atomic E-state index is 0.223. The van der Waals surface area contributed by atoms with E-state index >= 15 is 0 Å². The van der Waals surface area contributed by atoms with Crippen LogP contribution >= 0.6 is 23.1 Å². The zero-order valence-corrected chi connectivity index (χ0v) is 19.8. The van der Waals surface area contributed by atoms with E-state index in [9.17, 15) is 14.4 Å². The van der Waals surface area contributed by atoms with Crippen LogP contribution in [-0.4, -0.2) is 36.7 Å². The van der Waals surface area contributed by atoms with Gasteiger partial charge in [-0.25, -0.2) is 0 Å². The number of aromatic nitrogens is 3. The van der Waals surface area contributed by atoms with E-state index in [1.165, 1.54) is 20.8 Å². The minimum Gasteiger partial charge on any atom is -0.437 e. The number of carbonyl (C=O) groups excluding carboxylic acids is 2. The Morgan fingerprint density at radius 3 is 2.48 bits per heavy atom. The van der Waals surface area contributed by atoms with Crippen molar-refractivity contribution in [3.05, 3.63) is 61.7 Å². The van der Waals surface area contributed by atoms with Crippen molar-refractivity contribution in [2.45, 2.75) is 20.4 Å². The number of imidazole rings is 1. The first-order valence-electron chi connectivity index (χ1n) is 10.4. The van der Waals surface area contributed by atoms with Crippen molar-refractivity contribution >= 4 is 56.5 Å². The summed E-state index contributed by atoms with van der Waals surface area (Å²) in [7, 11) is 1.92. The van der Waals surface area contributed by atoms with Crippen LogP contribution < -0.4 is 14.8 Å². The molecule has 1 aliphatic heterocycles. The molecule has 2 amide bonds. The zero-order chi connectivity index (χ0) is 23.3. The Morgan fingerprint density at radius 2 is 1.85 bits per heavy atom. The van der Waals surface area contributed by atoms with Crippen molar-refractivity contribution in [3.8, 4) is 11.4 Å². The number of benzene rings is 1. The summed E-state index contributed by atoms with van der Waals surface area (Å²) in [6.07, 6.45) is 1.66. The summed E-state index contributed by atoms with van der Waals surface area (Å²) in [6.45, 7) is 4.27. The highest BCUT2D eigenvalue weighted by Crippen LogP contribution is 2.30. The first-order valence-corrected chi connectivity index (χ1v) is 12.1. The number of thioether (sulfide) groups is 1. The predicted molar refractivity (Wildman–Crippen MR) is 129 cm³/mol. The van der Waals surface area contributed by atoms with Crippen LogP contribution in [0.2, 0.25) is 0 Å². The van der Waals surface area contributed by atoms with Crippen LogP contribution in [0.5, 0.6) is 0 Å². The number of thiazole rings is 1. The first kappa shape index (κ1) is 21.5. The molecule has 4 aromatic rings. The van der Waals surface area contributed by atoms with Crippen LogP contribution in [0.4, 0.5) is 4.79 Å². The highest BCUT2D eigenvalue weighted by atomic mass is 32.2. The van der Waals surface area contributed by atoms with E-state index in [1.807, 2.05) is 54.9 Å². The van der Waals surface area contributed by atoms with Gasteiger partial charge >= 0.3 is 0 Å². The van der Waals surface area contributed by atoms with E-state index in [1.54, 1.807) is 13.0 Å². The summed E-state index contributed by atoms with van der Waals surface area (Å²) in [4.78, 5) is 43.9. The third kappa shape index (κ3) is 3.46. The van der Waals surface area contributed by atoms with Gasteiger partial charge in [0.05, 0.1) is 4.53 Å². The molecule has 1 aliphatic rings. The maximum Gasteiger partial charge on any atom is 0.293 e. The second kappa shape index (κ2) is 8.20. The van der Waals surface area contributed by atoms with Gasteiger partial charge in [0, 0.05) is 37.8 Å². The molecule has 0 atom stereocenters. The SMILES string of the molecule is CCN1C(=O)S/C(=c2/s/c(=C/c3cc4c(nc(-c5ccccc5)n4C)o3)c(=O)n2CC)C1=O. The average molecular weight is 481 g/mol. The molecule has 33 heavy (non-hydrogen) atoms. The third-order valence-corrected chi connectivity index (χ3v) is 7.71. The predicted octanol–water partition coefficient (Wildman–Crippen LogP) is 2.73. The third-order valence-electron chi connectivity index (χ3n) is 5.49. The number of hydrogen-bond donors (Lipinski definition) is 0. The molecule has 0 bridgehead atoms. The molecular formula is C23H20N4O4S2. The lowest BCUT2D eigenvalue weighted by Gasteiger charge is -2.06. The molecule has 0 N–H and O–H groups in total. The molecule has 0 saturated carbocycles. The molecular weight excluding hydrogens is 460 g/mol. The smallest absolute Gasteiger partial charge is 0.293 e. The quantitative estimate of drug-likeness (QED) is 0.446. The Morgan fingerprint density at radius 1 is 1.09 bits per heavy atom. The van der Waals surface area contributed by atoms with Crippen LogP contribution in [0.3, 0.4) is 0 Å². The van der Waals surface area contributed by atoms with E-state index in [4.69, 9.17) is 4.42 Å². The van der Waals surface area contributed by atoms with E-state index in [2.05, 4.69) is 4.98 Å².